The fraction of sp³-hybridized carbons (Fsp3) is 0.375. The Morgan fingerprint density at radius 2 is 1.91 bits per heavy atom. The number of thioether (sulfide) groups is 1. The van der Waals surface area contributed by atoms with E-state index < -0.39 is 0 Å². The van der Waals surface area contributed by atoms with Crippen LogP contribution in [0.1, 0.15) is 49.6 Å². The summed E-state index contributed by atoms with van der Waals surface area (Å²) in [7, 11) is 0. The zero-order valence-corrected chi connectivity index (χ0v) is 21.3. The summed E-state index contributed by atoms with van der Waals surface area (Å²) < 4.78 is 4.32. The summed E-state index contributed by atoms with van der Waals surface area (Å²) in [6, 6.07) is 8.36. The van der Waals surface area contributed by atoms with E-state index in [-0.39, 0.29) is 17.1 Å². The predicted molar refractivity (Wildman–Crippen MR) is 137 cm³/mol. The minimum Gasteiger partial charge on any atom is -0.293 e. The molecule has 3 heterocycles. The van der Waals surface area contributed by atoms with E-state index in [0.717, 1.165) is 38.7 Å². The molecule has 5 rings (SSSR count). The molecule has 0 atom stereocenters. The molecule has 1 amide bonds. The van der Waals surface area contributed by atoms with Crippen LogP contribution in [-0.2, 0) is 23.1 Å². The number of carbonyl (C=O) groups excluding carboxylic acids is 1. The van der Waals surface area contributed by atoms with Crippen molar-refractivity contribution < 1.29 is 4.79 Å². The molecule has 1 aliphatic carbocycles. The van der Waals surface area contributed by atoms with E-state index in [9.17, 15) is 4.79 Å². The molecule has 6 nitrogen and oxygen atoms in total. The van der Waals surface area contributed by atoms with Gasteiger partial charge in [-0.2, -0.15) is 9.36 Å². The van der Waals surface area contributed by atoms with Crippen LogP contribution in [0.2, 0.25) is 0 Å². The lowest BCUT2D eigenvalue weighted by molar-refractivity contribution is -0.113. The van der Waals surface area contributed by atoms with Crippen molar-refractivity contribution in [2.75, 3.05) is 11.1 Å². The molecule has 1 aromatic carbocycles. The number of benzene rings is 1. The minimum absolute atomic E-state index is 0.105. The lowest BCUT2D eigenvalue weighted by atomic mass is 9.87. The normalized spacial score (nSPS) is 13.8. The van der Waals surface area contributed by atoms with E-state index in [1.807, 2.05) is 0 Å². The van der Waals surface area contributed by atoms with Crippen molar-refractivity contribution in [2.45, 2.75) is 56.9 Å². The van der Waals surface area contributed by atoms with Gasteiger partial charge in [-0.05, 0) is 53.8 Å². The van der Waals surface area contributed by atoms with Gasteiger partial charge in [-0.1, -0.05) is 56.8 Å². The Morgan fingerprint density at radius 3 is 2.70 bits per heavy atom. The second-order valence-corrected chi connectivity index (χ2v) is 12.0. The van der Waals surface area contributed by atoms with E-state index in [2.05, 4.69) is 69.7 Å². The van der Waals surface area contributed by atoms with Gasteiger partial charge < -0.3 is 0 Å². The highest BCUT2D eigenvalue weighted by Gasteiger charge is 2.21. The Bertz CT molecular complexity index is 1300. The summed E-state index contributed by atoms with van der Waals surface area (Å²) in [5.74, 6) is 0.468. The zero-order valence-electron chi connectivity index (χ0n) is 18.8. The Kier molecular flexibility index (Phi) is 6.20. The summed E-state index contributed by atoms with van der Waals surface area (Å²) in [5.41, 5.74) is 3.76. The number of fused-ring (bicyclic) bond motifs is 3. The van der Waals surface area contributed by atoms with Crippen molar-refractivity contribution in [1.82, 2.24) is 19.3 Å². The van der Waals surface area contributed by atoms with Crippen LogP contribution in [-0.4, -0.2) is 31.0 Å². The second-order valence-electron chi connectivity index (χ2n) is 9.16. The van der Waals surface area contributed by atoms with Crippen LogP contribution in [0.3, 0.4) is 0 Å². The molecule has 33 heavy (non-hydrogen) atoms. The average molecular weight is 496 g/mol. The number of amides is 1. The van der Waals surface area contributed by atoms with Crippen LogP contribution in [0.5, 0.6) is 0 Å². The zero-order chi connectivity index (χ0) is 23.0. The highest BCUT2D eigenvalue weighted by molar-refractivity contribution is 8.00. The number of carbonyl (C=O) groups is 1. The molecular formula is C24H25N5OS3. The minimum atomic E-state index is -0.136. The van der Waals surface area contributed by atoms with Crippen molar-refractivity contribution in [1.29, 1.82) is 0 Å². The van der Waals surface area contributed by atoms with Gasteiger partial charge in [-0.15, -0.1) is 11.3 Å². The topological polar surface area (TPSA) is 80.7 Å². The van der Waals surface area contributed by atoms with Gasteiger partial charge in [-0.3, -0.25) is 10.1 Å². The van der Waals surface area contributed by atoms with Gasteiger partial charge in [-0.25, -0.2) is 9.97 Å². The van der Waals surface area contributed by atoms with Gasteiger partial charge in [0.05, 0.1) is 5.75 Å². The maximum absolute atomic E-state index is 12.6. The summed E-state index contributed by atoms with van der Waals surface area (Å²) in [6.45, 7) is 6.58. The molecule has 0 saturated heterocycles. The van der Waals surface area contributed by atoms with Crippen LogP contribution in [0.15, 0.2) is 35.6 Å². The van der Waals surface area contributed by atoms with Gasteiger partial charge in [0, 0.05) is 15.8 Å². The predicted octanol–water partition coefficient (Wildman–Crippen LogP) is 6.12. The van der Waals surface area contributed by atoms with Crippen molar-refractivity contribution in [3.05, 3.63) is 46.6 Å². The third kappa shape index (κ3) is 4.81. The Hall–Kier alpha value is -2.36. The van der Waals surface area contributed by atoms with E-state index in [0.29, 0.717) is 5.95 Å². The maximum Gasteiger partial charge on any atom is 0.241 e. The summed E-state index contributed by atoms with van der Waals surface area (Å²) >= 11 is 4.51. The first-order valence-corrected chi connectivity index (χ1v) is 13.6. The number of aromatic nitrogens is 4. The fourth-order valence-corrected chi connectivity index (χ4v) is 6.72. The molecule has 4 aromatic rings. The molecule has 1 aliphatic rings. The van der Waals surface area contributed by atoms with Gasteiger partial charge >= 0.3 is 0 Å². The SMILES string of the molecule is CC(C)(C)c1ccc(-c2nc(NC(=O)CSc3ncnc4sc5c(c34)CCCC5)ns2)cc1. The average Bonchev–Trinajstić information content (AvgIpc) is 3.42. The van der Waals surface area contributed by atoms with Crippen LogP contribution < -0.4 is 5.32 Å². The van der Waals surface area contributed by atoms with E-state index in [1.165, 1.54) is 52.1 Å². The largest absolute Gasteiger partial charge is 0.293 e. The van der Waals surface area contributed by atoms with Gasteiger partial charge in [0.1, 0.15) is 21.2 Å². The molecule has 1 N–H and O–H groups in total. The lowest BCUT2D eigenvalue weighted by Crippen LogP contribution is -2.15. The number of thiophene rings is 1. The van der Waals surface area contributed by atoms with Crippen molar-refractivity contribution in [3.63, 3.8) is 0 Å². The van der Waals surface area contributed by atoms with Crippen LogP contribution in [0.25, 0.3) is 20.8 Å². The smallest absolute Gasteiger partial charge is 0.241 e. The summed E-state index contributed by atoms with van der Waals surface area (Å²) in [6.07, 6.45) is 6.24. The molecular weight excluding hydrogens is 470 g/mol. The highest BCUT2D eigenvalue weighted by Crippen LogP contribution is 2.39. The van der Waals surface area contributed by atoms with Crippen molar-refractivity contribution in [2.24, 2.45) is 0 Å². The molecule has 170 valence electrons. The van der Waals surface area contributed by atoms with E-state index >= 15 is 0 Å². The standard InChI is InChI=1S/C24H25N5OS3/c1-24(2,3)15-10-8-14(9-11-15)20-28-23(29-33-20)27-18(30)12-31-21-19-16-6-4-5-7-17(16)32-22(19)26-13-25-21/h8-11,13H,4-7,12H2,1-3H3,(H,27,29,30). The van der Waals surface area contributed by atoms with Crippen LogP contribution >= 0.6 is 34.6 Å². The molecule has 0 bridgehead atoms. The Morgan fingerprint density at radius 1 is 1.12 bits per heavy atom. The quantitative estimate of drug-likeness (QED) is 0.265. The molecule has 0 aliphatic heterocycles. The van der Waals surface area contributed by atoms with Crippen LogP contribution in [0.4, 0.5) is 5.95 Å². The van der Waals surface area contributed by atoms with Crippen molar-refractivity contribution in [3.8, 4) is 10.6 Å². The molecule has 0 spiro atoms. The van der Waals surface area contributed by atoms with Gasteiger partial charge in [0.15, 0.2) is 0 Å². The summed E-state index contributed by atoms with van der Waals surface area (Å²) in [4.78, 5) is 28.5. The lowest BCUT2D eigenvalue weighted by Gasteiger charge is -2.18. The fourth-order valence-electron chi connectivity index (χ4n) is 3.97. The second kappa shape index (κ2) is 9.12. The number of rotatable bonds is 5. The Labute approximate surface area is 205 Å². The number of nitrogens with zero attached hydrogens (tertiary/aromatic N) is 4. The molecule has 0 fully saturated rings. The molecule has 0 unspecified atom stereocenters. The maximum atomic E-state index is 12.6. The van der Waals surface area contributed by atoms with E-state index in [4.69, 9.17) is 0 Å². The molecule has 0 radical (unpaired) electrons. The summed E-state index contributed by atoms with van der Waals surface area (Å²) in [5, 5.41) is 5.65. The first-order chi connectivity index (χ1) is 15.9. The molecule has 3 aromatic heterocycles. The molecule has 9 heteroatoms. The number of aryl methyl sites for hydroxylation is 2. The number of nitrogens with one attached hydrogen (secondary N) is 1. The monoisotopic (exact) mass is 495 g/mol. The molecule has 0 saturated carbocycles. The van der Waals surface area contributed by atoms with E-state index in [1.54, 1.807) is 17.7 Å². The van der Waals surface area contributed by atoms with Crippen molar-refractivity contribution >= 4 is 56.7 Å². The number of anilines is 1. The first kappa shape index (κ1) is 22.4. The first-order valence-electron chi connectivity index (χ1n) is 11.0. The third-order valence-electron chi connectivity index (χ3n) is 5.73. The third-order valence-corrected chi connectivity index (χ3v) is 8.69. The number of hydrogen-bond donors (Lipinski definition) is 1. The number of hydrogen-bond acceptors (Lipinski definition) is 8. The van der Waals surface area contributed by atoms with Crippen LogP contribution in [0, 0.1) is 0 Å². The van der Waals surface area contributed by atoms with Gasteiger partial charge in [0.2, 0.25) is 11.9 Å². The van der Waals surface area contributed by atoms with Gasteiger partial charge in [0.25, 0.3) is 0 Å². The Balaban J connectivity index is 1.25. The highest BCUT2D eigenvalue weighted by atomic mass is 32.2.